The first-order valence-corrected chi connectivity index (χ1v) is 6.09. The van der Waals surface area contributed by atoms with Gasteiger partial charge in [0, 0.05) is 28.7 Å². The fourth-order valence-electron chi connectivity index (χ4n) is 2.16. The SMILES string of the molecule is Fc1cccc(Cn2ccc3c(Cl)cccc32)c1. The second kappa shape index (κ2) is 4.46. The van der Waals surface area contributed by atoms with Gasteiger partial charge in [-0.25, -0.2) is 4.39 Å². The number of hydrogen-bond donors (Lipinski definition) is 0. The summed E-state index contributed by atoms with van der Waals surface area (Å²) in [4.78, 5) is 0. The first-order chi connectivity index (χ1) is 8.74. The molecular formula is C15H11ClFN. The molecule has 0 saturated carbocycles. The van der Waals surface area contributed by atoms with Crippen LogP contribution >= 0.6 is 11.6 Å². The van der Waals surface area contributed by atoms with Crippen LogP contribution in [0.3, 0.4) is 0 Å². The Labute approximate surface area is 109 Å². The van der Waals surface area contributed by atoms with E-state index in [0.717, 1.165) is 21.5 Å². The molecule has 0 amide bonds. The van der Waals surface area contributed by atoms with E-state index in [1.54, 1.807) is 12.1 Å². The first kappa shape index (κ1) is 11.3. The van der Waals surface area contributed by atoms with Gasteiger partial charge in [0.15, 0.2) is 0 Å². The van der Waals surface area contributed by atoms with Crippen molar-refractivity contribution < 1.29 is 4.39 Å². The first-order valence-electron chi connectivity index (χ1n) is 5.72. The molecule has 0 fully saturated rings. The maximum atomic E-state index is 13.1. The van der Waals surface area contributed by atoms with Gasteiger partial charge in [0.25, 0.3) is 0 Å². The van der Waals surface area contributed by atoms with E-state index in [4.69, 9.17) is 11.6 Å². The van der Waals surface area contributed by atoms with Crippen molar-refractivity contribution in [1.29, 1.82) is 0 Å². The molecular weight excluding hydrogens is 249 g/mol. The highest BCUT2D eigenvalue weighted by molar-refractivity contribution is 6.35. The van der Waals surface area contributed by atoms with Crippen LogP contribution in [-0.4, -0.2) is 4.57 Å². The van der Waals surface area contributed by atoms with Crippen LogP contribution in [-0.2, 0) is 6.54 Å². The maximum Gasteiger partial charge on any atom is 0.123 e. The standard InChI is InChI=1S/C15H11ClFN/c16-14-5-2-6-15-13(14)7-8-18(15)10-11-3-1-4-12(17)9-11/h1-9H,10H2. The average Bonchev–Trinajstić information content (AvgIpc) is 2.74. The van der Waals surface area contributed by atoms with Crippen molar-refractivity contribution in [2.75, 3.05) is 0 Å². The summed E-state index contributed by atoms with van der Waals surface area (Å²) in [5, 5.41) is 1.76. The molecule has 0 unspecified atom stereocenters. The van der Waals surface area contributed by atoms with Crippen LogP contribution in [0.2, 0.25) is 5.02 Å². The van der Waals surface area contributed by atoms with E-state index in [1.165, 1.54) is 6.07 Å². The molecule has 3 heteroatoms. The van der Waals surface area contributed by atoms with Crippen molar-refractivity contribution in [3.63, 3.8) is 0 Å². The lowest BCUT2D eigenvalue weighted by Gasteiger charge is -2.06. The van der Waals surface area contributed by atoms with E-state index in [0.29, 0.717) is 6.54 Å². The van der Waals surface area contributed by atoms with Crippen molar-refractivity contribution >= 4 is 22.5 Å². The van der Waals surface area contributed by atoms with Crippen molar-refractivity contribution in [2.24, 2.45) is 0 Å². The summed E-state index contributed by atoms with van der Waals surface area (Å²) in [5.74, 6) is -0.206. The lowest BCUT2D eigenvalue weighted by atomic mass is 10.2. The smallest absolute Gasteiger partial charge is 0.123 e. The minimum Gasteiger partial charge on any atom is -0.343 e. The minimum atomic E-state index is -0.206. The molecule has 0 spiro atoms. The van der Waals surface area contributed by atoms with Crippen LogP contribution < -0.4 is 0 Å². The molecule has 1 nitrogen and oxygen atoms in total. The Bertz CT molecular complexity index is 703. The third-order valence-electron chi connectivity index (χ3n) is 3.00. The van der Waals surface area contributed by atoms with Crippen LogP contribution in [0.5, 0.6) is 0 Å². The molecule has 0 atom stereocenters. The van der Waals surface area contributed by atoms with Crippen molar-refractivity contribution in [3.8, 4) is 0 Å². The molecule has 0 N–H and O–H groups in total. The fraction of sp³-hybridized carbons (Fsp3) is 0.0667. The molecule has 0 aliphatic heterocycles. The predicted octanol–water partition coefficient (Wildman–Crippen LogP) is 4.48. The Kier molecular flexibility index (Phi) is 2.80. The number of benzene rings is 2. The minimum absolute atomic E-state index is 0.206. The quantitative estimate of drug-likeness (QED) is 0.639. The average molecular weight is 260 g/mol. The summed E-state index contributed by atoms with van der Waals surface area (Å²) in [5.41, 5.74) is 2.00. The highest BCUT2D eigenvalue weighted by atomic mass is 35.5. The third-order valence-corrected chi connectivity index (χ3v) is 3.33. The Hall–Kier alpha value is -1.80. The van der Waals surface area contributed by atoms with Crippen LogP contribution in [0.15, 0.2) is 54.7 Å². The van der Waals surface area contributed by atoms with E-state index in [1.807, 2.05) is 36.5 Å². The number of halogens is 2. The van der Waals surface area contributed by atoms with Gasteiger partial charge in [0.1, 0.15) is 5.82 Å². The van der Waals surface area contributed by atoms with Crippen molar-refractivity contribution in [1.82, 2.24) is 4.57 Å². The molecule has 0 radical (unpaired) electrons. The molecule has 0 bridgehead atoms. The molecule has 0 aliphatic carbocycles. The molecule has 0 saturated heterocycles. The Morgan fingerprint density at radius 3 is 2.72 bits per heavy atom. The molecule has 0 aliphatic rings. The van der Waals surface area contributed by atoms with Gasteiger partial charge in [-0.3, -0.25) is 0 Å². The summed E-state index contributed by atoms with van der Waals surface area (Å²) in [6.07, 6.45) is 1.97. The van der Waals surface area contributed by atoms with E-state index in [2.05, 4.69) is 4.57 Å². The number of aromatic nitrogens is 1. The second-order valence-corrected chi connectivity index (χ2v) is 4.65. The molecule has 2 aromatic carbocycles. The second-order valence-electron chi connectivity index (χ2n) is 4.25. The summed E-state index contributed by atoms with van der Waals surface area (Å²) in [7, 11) is 0. The topological polar surface area (TPSA) is 4.93 Å². The molecule has 1 aromatic heterocycles. The zero-order chi connectivity index (χ0) is 12.5. The van der Waals surface area contributed by atoms with Crippen LogP contribution in [0, 0.1) is 5.82 Å². The molecule has 1 heterocycles. The van der Waals surface area contributed by atoms with Gasteiger partial charge in [0.05, 0.1) is 0 Å². The summed E-state index contributed by atoms with van der Waals surface area (Å²) in [6.45, 7) is 0.640. The van der Waals surface area contributed by atoms with Crippen LogP contribution in [0.4, 0.5) is 4.39 Å². The van der Waals surface area contributed by atoms with Gasteiger partial charge < -0.3 is 4.57 Å². The van der Waals surface area contributed by atoms with Crippen molar-refractivity contribution in [3.05, 3.63) is 71.1 Å². The largest absolute Gasteiger partial charge is 0.343 e. The Morgan fingerprint density at radius 2 is 1.89 bits per heavy atom. The van der Waals surface area contributed by atoms with E-state index in [9.17, 15) is 4.39 Å². The summed E-state index contributed by atoms with van der Waals surface area (Å²) in [6, 6.07) is 14.4. The number of nitrogens with zero attached hydrogens (tertiary/aromatic N) is 1. The van der Waals surface area contributed by atoms with Crippen LogP contribution in [0.1, 0.15) is 5.56 Å². The van der Waals surface area contributed by atoms with E-state index in [-0.39, 0.29) is 5.82 Å². The summed E-state index contributed by atoms with van der Waals surface area (Å²) < 4.78 is 15.2. The zero-order valence-corrected chi connectivity index (χ0v) is 10.4. The van der Waals surface area contributed by atoms with E-state index >= 15 is 0 Å². The lowest BCUT2D eigenvalue weighted by Crippen LogP contribution is -1.97. The molecule has 18 heavy (non-hydrogen) atoms. The van der Waals surface area contributed by atoms with Gasteiger partial charge in [-0.15, -0.1) is 0 Å². The Balaban J connectivity index is 2.03. The maximum absolute atomic E-state index is 13.1. The van der Waals surface area contributed by atoms with E-state index < -0.39 is 0 Å². The molecule has 90 valence electrons. The number of rotatable bonds is 2. The third kappa shape index (κ3) is 2.00. The van der Waals surface area contributed by atoms with Gasteiger partial charge in [-0.2, -0.15) is 0 Å². The van der Waals surface area contributed by atoms with Gasteiger partial charge >= 0.3 is 0 Å². The Morgan fingerprint density at radius 1 is 1.06 bits per heavy atom. The predicted molar refractivity (Wildman–Crippen MR) is 72.5 cm³/mol. The lowest BCUT2D eigenvalue weighted by molar-refractivity contribution is 0.624. The molecule has 3 aromatic rings. The summed E-state index contributed by atoms with van der Waals surface area (Å²) >= 11 is 6.13. The highest BCUT2D eigenvalue weighted by Crippen LogP contribution is 2.24. The normalized spacial score (nSPS) is 11.0. The molecule has 3 rings (SSSR count). The van der Waals surface area contributed by atoms with Gasteiger partial charge in [-0.1, -0.05) is 29.8 Å². The van der Waals surface area contributed by atoms with Crippen LogP contribution in [0.25, 0.3) is 10.9 Å². The number of hydrogen-bond acceptors (Lipinski definition) is 0. The monoisotopic (exact) mass is 259 g/mol. The van der Waals surface area contributed by atoms with Gasteiger partial charge in [0.2, 0.25) is 0 Å². The highest BCUT2D eigenvalue weighted by Gasteiger charge is 2.04. The fourth-order valence-corrected chi connectivity index (χ4v) is 2.39. The van der Waals surface area contributed by atoms with Gasteiger partial charge in [-0.05, 0) is 35.9 Å². The zero-order valence-electron chi connectivity index (χ0n) is 9.61. The van der Waals surface area contributed by atoms with Crippen molar-refractivity contribution in [2.45, 2.75) is 6.54 Å². The number of fused-ring (bicyclic) bond motifs is 1.